The van der Waals surface area contributed by atoms with Gasteiger partial charge < -0.3 is 9.72 Å². The molecule has 0 atom stereocenters. The maximum absolute atomic E-state index is 13.9. The van der Waals surface area contributed by atoms with Crippen molar-refractivity contribution in [3.8, 4) is 11.6 Å². The summed E-state index contributed by atoms with van der Waals surface area (Å²) in [6.45, 7) is 0. The number of hydrogen-bond acceptors (Lipinski definition) is 3. The maximum Gasteiger partial charge on any atom is 0.215 e. The van der Waals surface area contributed by atoms with Crippen LogP contribution in [0, 0.1) is 16.4 Å². The molecule has 2 aromatic heterocycles. The summed E-state index contributed by atoms with van der Waals surface area (Å²) in [5, 5.41) is 0. The number of para-hydroxylation sites is 1. The Morgan fingerprint density at radius 2 is 1.90 bits per heavy atom. The Balaban J connectivity index is 2.41. The first-order valence-electron chi connectivity index (χ1n) is 5.72. The Hall–Kier alpha value is -2.28. The molecule has 4 nitrogen and oxygen atoms in total. The van der Waals surface area contributed by atoms with E-state index in [2.05, 4.69) is 9.97 Å². The average molecular weight is 293 g/mol. The van der Waals surface area contributed by atoms with Gasteiger partial charge >= 0.3 is 0 Å². The maximum atomic E-state index is 13.9. The van der Waals surface area contributed by atoms with Crippen molar-refractivity contribution >= 4 is 23.4 Å². The number of pyridine rings is 1. The topological polar surface area (TPSA) is 42.8 Å². The summed E-state index contributed by atoms with van der Waals surface area (Å²) in [6, 6.07) is 6.95. The number of halogens is 2. The number of aromatic amines is 1. The van der Waals surface area contributed by atoms with Crippen LogP contribution in [0.5, 0.6) is 5.88 Å². The first-order valence-corrected chi connectivity index (χ1v) is 6.13. The molecule has 0 saturated carbocycles. The van der Waals surface area contributed by atoms with Crippen LogP contribution in [-0.4, -0.2) is 21.6 Å². The smallest absolute Gasteiger partial charge is 0.215 e. The van der Waals surface area contributed by atoms with Gasteiger partial charge in [-0.3, -0.25) is 4.57 Å². The Bertz CT molecular complexity index is 836. The van der Waals surface area contributed by atoms with Crippen LogP contribution in [0.2, 0.25) is 0 Å². The van der Waals surface area contributed by atoms with E-state index in [1.807, 2.05) is 0 Å². The fraction of sp³-hybridized carbons (Fsp3) is 0.0769. The van der Waals surface area contributed by atoms with Crippen molar-refractivity contribution in [1.82, 2.24) is 14.5 Å². The predicted molar refractivity (Wildman–Crippen MR) is 72.7 cm³/mol. The third kappa shape index (κ3) is 1.87. The van der Waals surface area contributed by atoms with E-state index < -0.39 is 11.6 Å². The SMILES string of the molecule is COc1ccc2[nH]c(=S)n(-c3c(F)cccc3F)c2n1. The van der Waals surface area contributed by atoms with Crippen LogP contribution in [0.3, 0.4) is 0 Å². The first kappa shape index (κ1) is 12.7. The molecule has 3 rings (SSSR count). The van der Waals surface area contributed by atoms with Gasteiger partial charge in [0.05, 0.1) is 12.6 Å². The van der Waals surface area contributed by atoms with E-state index in [-0.39, 0.29) is 10.5 Å². The number of nitrogens with one attached hydrogen (secondary N) is 1. The van der Waals surface area contributed by atoms with Gasteiger partial charge in [-0.25, -0.2) is 8.78 Å². The summed E-state index contributed by atoms with van der Waals surface area (Å²) < 4.78 is 34.2. The molecule has 1 aromatic carbocycles. The zero-order valence-corrected chi connectivity index (χ0v) is 11.2. The van der Waals surface area contributed by atoms with E-state index in [0.29, 0.717) is 17.0 Å². The third-order valence-corrected chi connectivity index (χ3v) is 3.16. The predicted octanol–water partition coefficient (Wildman–Crippen LogP) is 3.37. The van der Waals surface area contributed by atoms with Crippen molar-refractivity contribution in [3.05, 3.63) is 46.7 Å². The van der Waals surface area contributed by atoms with Gasteiger partial charge in [0.1, 0.15) is 17.3 Å². The van der Waals surface area contributed by atoms with Gasteiger partial charge in [-0.05, 0) is 30.4 Å². The van der Waals surface area contributed by atoms with Gasteiger partial charge in [0, 0.05) is 6.07 Å². The molecular formula is C13H9F2N3OS. The third-order valence-electron chi connectivity index (χ3n) is 2.88. The van der Waals surface area contributed by atoms with Gasteiger partial charge in [0.15, 0.2) is 10.4 Å². The lowest BCUT2D eigenvalue weighted by Crippen LogP contribution is -2.02. The van der Waals surface area contributed by atoms with Gasteiger partial charge in [-0.1, -0.05) is 6.07 Å². The molecule has 0 bridgehead atoms. The number of H-pyrrole nitrogens is 1. The van der Waals surface area contributed by atoms with E-state index in [9.17, 15) is 8.78 Å². The lowest BCUT2D eigenvalue weighted by atomic mass is 10.3. The minimum Gasteiger partial charge on any atom is -0.481 e. The van der Waals surface area contributed by atoms with Crippen molar-refractivity contribution in [2.75, 3.05) is 7.11 Å². The molecule has 0 aliphatic rings. The molecule has 1 N–H and O–H groups in total. The molecule has 0 amide bonds. The average Bonchev–Trinajstić information content (AvgIpc) is 2.74. The van der Waals surface area contributed by atoms with E-state index >= 15 is 0 Å². The van der Waals surface area contributed by atoms with Crippen LogP contribution in [0.4, 0.5) is 8.78 Å². The number of ether oxygens (including phenoxy) is 1. The van der Waals surface area contributed by atoms with Crippen molar-refractivity contribution in [2.45, 2.75) is 0 Å². The molecular weight excluding hydrogens is 284 g/mol. The fourth-order valence-electron chi connectivity index (χ4n) is 1.99. The lowest BCUT2D eigenvalue weighted by molar-refractivity contribution is 0.399. The largest absolute Gasteiger partial charge is 0.481 e. The second-order valence-corrected chi connectivity index (χ2v) is 4.45. The zero-order chi connectivity index (χ0) is 14.3. The van der Waals surface area contributed by atoms with Gasteiger partial charge in [0.2, 0.25) is 5.88 Å². The molecule has 0 spiro atoms. The number of aromatic nitrogens is 3. The molecule has 0 aliphatic carbocycles. The van der Waals surface area contributed by atoms with Gasteiger partial charge in [0.25, 0.3) is 0 Å². The number of imidazole rings is 1. The Morgan fingerprint density at radius 3 is 2.55 bits per heavy atom. The number of nitrogens with zero attached hydrogens (tertiary/aromatic N) is 2. The molecule has 20 heavy (non-hydrogen) atoms. The molecule has 2 heterocycles. The van der Waals surface area contributed by atoms with Gasteiger partial charge in [-0.2, -0.15) is 4.98 Å². The number of methoxy groups -OCH3 is 1. The number of fused-ring (bicyclic) bond motifs is 1. The molecule has 3 aromatic rings. The molecule has 7 heteroatoms. The Labute approximate surface area is 117 Å². The van der Waals surface area contributed by atoms with E-state index in [0.717, 1.165) is 0 Å². The van der Waals surface area contributed by atoms with Crippen molar-refractivity contribution in [1.29, 1.82) is 0 Å². The standard InChI is InChI=1S/C13H9F2N3OS/c1-19-10-6-5-9-12(17-10)18(13(20)16-9)11-7(14)3-2-4-8(11)15/h2-6H,1H3,(H,16,20). The second kappa shape index (κ2) is 4.68. The summed E-state index contributed by atoms with van der Waals surface area (Å²) in [4.78, 5) is 7.04. The van der Waals surface area contributed by atoms with Crippen LogP contribution in [0.25, 0.3) is 16.9 Å². The van der Waals surface area contributed by atoms with Crippen LogP contribution in [0.15, 0.2) is 30.3 Å². The first-order chi connectivity index (χ1) is 9.61. The minimum atomic E-state index is -0.716. The second-order valence-electron chi connectivity index (χ2n) is 4.06. The van der Waals surface area contributed by atoms with Crippen LogP contribution in [-0.2, 0) is 0 Å². The van der Waals surface area contributed by atoms with E-state index in [4.69, 9.17) is 17.0 Å². The lowest BCUT2D eigenvalue weighted by Gasteiger charge is -2.07. The monoisotopic (exact) mass is 293 g/mol. The van der Waals surface area contributed by atoms with E-state index in [1.165, 1.54) is 29.9 Å². The highest BCUT2D eigenvalue weighted by Crippen LogP contribution is 2.24. The van der Waals surface area contributed by atoms with E-state index in [1.54, 1.807) is 12.1 Å². The van der Waals surface area contributed by atoms with Crippen molar-refractivity contribution in [3.63, 3.8) is 0 Å². The summed E-state index contributed by atoms with van der Waals surface area (Å²) >= 11 is 5.13. The zero-order valence-electron chi connectivity index (χ0n) is 10.4. The Kier molecular flexibility index (Phi) is 2.98. The van der Waals surface area contributed by atoms with Crippen LogP contribution >= 0.6 is 12.2 Å². The molecule has 0 aliphatic heterocycles. The number of hydrogen-bond donors (Lipinski definition) is 1. The summed E-state index contributed by atoms with van der Waals surface area (Å²) in [5.41, 5.74) is 0.612. The minimum absolute atomic E-state index is 0.157. The molecule has 0 fully saturated rings. The summed E-state index contributed by atoms with van der Waals surface area (Å²) in [6.07, 6.45) is 0. The number of benzene rings is 1. The quantitative estimate of drug-likeness (QED) is 0.737. The highest BCUT2D eigenvalue weighted by molar-refractivity contribution is 7.71. The normalized spacial score (nSPS) is 10.9. The van der Waals surface area contributed by atoms with Crippen molar-refractivity contribution in [2.24, 2.45) is 0 Å². The van der Waals surface area contributed by atoms with Crippen LogP contribution in [0.1, 0.15) is 0 Å². The van der Waals surface area contributed by atoms with Gasteiger partial charge in [-0.15, -0.1) is 0 Å². The van der Waals surface area contributed by atoms with Crippen LogP contribution < -0.4 is 4.74 Å². The molecule has 102 valence electrons. The Morgan fingerprint density at radius 1 is 1.20 bits per heavy atom. The summed E-state index contributed by atoms with van der Waals surface area (Å²) in [5.74, 6) is -1.10. The fourth-order valence-corrected chi connectivity index (χ4v) is 2.28. The summed E-state index contributed by atoms with van der Waals surface area (Å²) in [7, 11) is 1.46. The highest BCUT2D eigenvalue weighted by Gasteiger charge is 2.16. The molecule has 0 unspecified atom stereocenters. The highest BCUT2D eigenvalue weighted by atomic mass is 32.1. The number of rotatable bonds is 2. The molecule has 0 radical (unpaired) electrons. The van der Waals surface area contributed by atoms with Crippen molar-refractivity contribution < 1.29 is 13.5 Å². The molecule has 0 saturated heterocycles.